The van der Waals surface area contributed by atoms with Crippen molar-refractivity contribution in [1.82, 2.24) is 4.98 Å². The van der Waals surface area contributed by atoms with Crippen LogP contribution in [-0.2, 0) is 6.61 Å². The molecule has 1 aromatic heterocycles. The van der Waals surface area contributed by atoms with Gasteiger partial charge in [0.1, 0.15) is 18.2 Å². The van der Waals surface area contributed by atoms with Gasteiger partial charge in [0.15, 0.2) is 0 Å². The molecule has 0 radical (unpaired) electrons. The van der Waals surface area contributed by atoms with E-state index in [1.165, 1.54) is 0 Å². The normalized spacial score (nSPS) is 10.2. The van der Waals surface area contributed by atoms with Crippen LogP contribution < -0.4 is 10.5 Å². The Morgan fingerprint density at radius 1 is 1.32 bits per heavy atom. The van der Waals surface area contributed by atoms with E-state index >= 15 is 0 Å². The summed E-state index contributed by atoms with van der Waals surface area (Å²) in [6.45, 7) is 0.252. The van der Waals surface area contributed by atoms with Gasteiger partial charge < -0.3 is 10.5 Å². The first-order valence-electron chi connectivity index (χ1n) is 5.43. The van der Waals surface area contributed by atoms with Crippen LogP contribution in [0.25, 0.3) is 0 Å². The first-order chi connectivity index (χ1) is 9.08. The van der Waals surface area contributed by atoms with Crippen LogP contribution in [0.15, 0.2) is 36.7 Å². The highest BCUT2D eigenvalue weighted by Gasteiger charge is 2.09. The molecule has 1 heterocycles. The number of halogens is 2. The third-order valence-electron chi connectivity index (χ3n) is 2.47. The number of amidine groups is 1. The molecule has 98 valence electrons. The molecule has 0 bridgehead atoms. The van der Waals surface area contributed by atoms with E-state index in [9.17, 15) is 0 Å². The number of rotatable bonds is 4. The van der Waals surface area contributed by atoms with Crippen LogP contribution in [0.5, 0.6) is 5.75 Å². The third-order valence-corrected chi connectivity index (χ3v) is 3.05. The molecule has 19 heavy (non-hydrogen) atoms. The Kier molecular flexibility index (Phi) is 4.24. The smallest absolute Gasteiger partial charge is 0.132 e. The third kappa shape index (κ3) is 3.36. The van der Waals surface area contributed by atoms with Crippen molar-refractivity contribution in [2.75, 3.05) is 0 Å². The Hall–Kier alpha value is -1.78. The van der Waals surface area contributed by atoms with Gasteiger partial charge in [0.25, 0.3) is 0 Å². The maximum absolute atomic E-state index is 7.49. The molecule has 0 saturated heterocycles. The topological polar surface area (TPSA) is 72.0 Å². The molecule has 0 spiro atoms. The molecular formula is C13H11Cl2N3O. The van der Waals surface area contributed by atoms with Crippen molar-refractivity contribution in [2.45, 2.75) is 6.61 Å². The number of aromatic nitrogens is 1. The maximum atomic E-state index is 7.49. The van der Waals surface area contributed by atoms with E-state index in [4.69, 9.17) is 39.1 Å². The van der Waals surface area contributed by atoms with Gasteiger partial charge in [0, 0.05) is 23.0 Å². The number of pyridine rings is 1. The summed E-state index contributed by atoms with van der Waals surface area (Å²) >= 11 is 11.9. The predicted octanol–water partition coefficient (Wildman–Crippen LogP) is 3.25. The molecule has 0 amide bonds. The molecule has 0 saturated carbocycles. The highest BCUT2D eigenvalue weighted by Crippen LogP contribution is 2.25. The second-order valence-corrected chi connectivity index (χ2v) is 4.65. The Morgan fingerprint density at radius 2 is 2.11 bits per heavy atom. The van der Waals surface area contributed by atoms with Gasteiger partial charge in [0.2, 0.25) is 0 Å². The average molecular weight is 296 g/mol. The van der Waals surface area contributed by atoms with Crippen molar-refractivity contribution < 1.29 is 4.74 Å². The highest BCUT2D eigenvalue weighted by molar-refractivity contribution is 6.31. The lowest BCUT2D eigenvalue weighted by Gasteiger charge is -2.11. The van der Waals surface area contributed by atoms with E-state index in [1.807, 2.05) is 0 Å². The van der Waals surface area contributed by atoms with Crippen molar-refractivity contribution in [3.8, 4) is 5.75 Å². The second kappa shape index (κ2) is 5.91. The Morgan fingerprint density at radius 3 is 2.79 bits per heavy atom. The van der Waals surface area contributed by atoms with Crippen molar-refractivity contribution in [2.24, 2.45) is 5.73 Å². The van der Waals surface area contributed by atoms with Crippen LogP contribution in [-0.4, -0.2) is 10.8 Å². The summed E-state index contributed by atoms with van der Waals surface area (Å²) in [5.41, 5.74) is 6.78. The Balaban J connectivity index is 2.22. The molecule has 0 aliphatic carbocycles. The van der Waals surface area contributed by atoms with Crippen LogP contribution in [0.1, 0.15) is 11.1 Å². The molecule has 2 rings (SSSR count). The summed E-state index contributed by atoms with van der Waals surface area (Å²) in [6.07, 6.45) is 3.18. The minimum Gasteiger partial charge on any atom is -0.488 e. The van der Waals surface area contributed by atoms with E-state index in [-0.39, 0.29) is 12.4 Å². The zero-order valence-electron chi connectivity index (χ0n) is 9.86. The van der Waals surface area contributed by atoms with E-state index in [0.29, 0.717) is 21.4 Å². The zero-order valence-corrected chi connectivity index (χ0v) is 11.4. The first-order valence-corrected chi connectivity index (χ1v) is 6.18. The summed E-state index contributed by atoms with van der Waals surface area (Å²) in [5, 5.41) is 8.53. The standard InChI is InChI=1S/C13H11Cl2N3O/c14-9-1-2-10(13(16)17)12(5-9)19-7-8-3-4-18-6-11(8)15/h1-6H,7H2,(H3,16,17). The SMILES string of the molecule is N=C(N)c1ccc(Cl)cc1OCc1ccncc1Cl. The van der Waals surface area contributed by atoms with Crippen molar-refractivity contribution >= 4 is 29.0 Å². The lowest BCUT2D eigenvalue weighted by Crippen LogP contribution is -2.13. The summed E-state index contributed by atoms with van der Waals surface area (Å²) < 4.78 is 5.63. The van der Waals surface area contributed by atoms with E-state index in [2.05, 4.69) is 4.98 Å². The van der Waals surface area contributed by atoms with Gasteiger partial charge in [-0.3, -0.25) is 10.4 Å². The molecular weight excluding hydrogens is 285 g/mol. The lowest BCUT2D eigenvalue weighted by molar-refractivity contribution is 0.305. The van der Waals surface area contributed by atoms with Gasteiger partial charge in [-0.05, 0) is 24.3 Å². The second-order valence-electron chi connectivity index (χ2n) is 3.81. The van der Waals surface area contributed by atoms with Gasteiger partial charge >= 0.3 is 0 Å². The van der Waals surface area contributed by atoms with Gasteiger partial charge in [-0.2, -0.15) is 0 Å². The molecule has 3 N–H and O–H groups in total. The summed E-state index contributed by atoms with van der Waals surface area (Å²) in [7, 11) is 0. The summed E-state index contributed by atoms with van der Waals surface area (Å²) in [5.74, 6) is 0.375. The predicted molar refractivity (Wildman–Crippen MR) is 76.0 cm³/mol. The number of ether oxygens (including phenoxy) is 1. The number of nitrogens with two attached hydrogens (primary N) is 1. The Bertz CT molecular complexity index is 617. The fourth-order valence-corrected chi connectivity index (χ4v) is 1.85. The van der Waals surface area contributed by atoms with Crippen LogP contribution >= 0.6 is 23.2 Å². The van der Waals surface area contributed by atoms with E-state index in [1.54, 1.807) is 36.7 Å². The molecule has 0 aliphatic heterocycles. The fourth-order valence-electron chi connectivity index (χ4n) is 1.51. The minimum absolute atomic E-state index is 0.0764. The van der Waals surface area contributed by atoms with Crippen molar-refractivity contribution in [3.63, 3.8) is 0 Å². The van der Waals surface area contributed by atoms with Crippen LogP contribution in [0, 0.1) is 5.41 Å². The number of nitrogens with one attached hydrogen (secondary N) is 1. The van der Waals surface area contributed by atoms with Crippen LogP contribution in [0.4, 0.5) is 0 Å². The molecule has 4 nitrogen and oxygen atoms in total. The van der Waals surface area contributed by atoms with Crippen LogP contribution in [0.2, 0.25) is 10.0 Å². The van der Waals surface area contributed by atoms with Gasteiger partial charge in [-0.25, -0.2) is 0 Å². The zero-order chi connectivity index (χ0) is 13.8. The highest BCUT2D eigenvalue weighted by atomic mass is 35.5. The largest absolute Gasteiger partial charge is 0.488 e. The Labute approximate surface area is 120 Å². The van der Waals surface area contributed by atoms with Crippen molar-refractivity contribution in [1.29, 1.82) is 5.41 Å². The molecule has 2 aromatic rings. The minimum atomic E-state index is -0.0764. The van der Waals surface area contributed by atoms with Gasteiger partial charge in [-0.1, -0.05) is 23.2 Å². The van der Waals surface area contributed by atoms with Gasteiger partial charge in [0.05, 0.1) is 10.6 Å². The number of benzene rings is 1. The summed E-state index contributed by atoms with van der Waals surface area (Å²) in [4.78, 5) is 3.90. The maximum Gasteiger partial charge on any atom is 0.132 e. The molecule has 0 fully saturated rings. The summed E-state index contributed by atoms with van der Waals surface area (Å²) in [6, 6.07) is 6.69. The number of nitrogens with zero attached hydrogens (tertiary/aromatic N) is 1. The fraction of sp³-hybridized carbons (Fsp3) is 0.0769. The average Bonchev–Trinajstić information content (AvgIpc) is 2.37. The number of hydrogen-bond donors (Lipinski definition) is 2. The van der Waals surface area contributed by atoms with E-state index < -0.39 is 0 Å². The number of nitrogen functional groups attached to an aromatic ring is 1. The lowest BCUT2D eigenvalue weighted by atomic mass is 10.2. The quantitative estimate of drug-likeness (QED) is 0.672. The van der Waals surface area contributed by atoms with Crippen molar-refractivity contribution in [3.05, 3.63) is 57.8 Å². The first kappa shape index (κ1) is 13.6. The van der Waals surface area contributed by atoms with Crippen LogP contribution in [0.3, 0.4) is 0 Å². The van der Waals surface area contributed by atoms with Gasteiger partial charge in [-0.15, -0.1) is 0 Å². The molecule has 6 heteroatoms. The van der Waals surface area contributed by atoms with E-state index in [0.717, 1.165) is 5.56 Å². The molecule has 0 atom stereocenters. The molecule has 0 unspecified atom stereocenters. The monoisotopic (exact) mass is 295 g/mol. The molecule has 1 aromatic carbocycles. The molecule has 0 aliphatic rings. The number of hydrogen-bond acceptors (Lipinski definition) is 3.